The number of rotatable bonds is 5. The van der Waals surface area contributed by atoms with Crippen molar-refractivity contribution in [3.05, 3.63) is 204 Å². The predicted molar refractivity (Wildman–Crippen MR) is 203 cm³/mol. The molecule has 9 aromatic rings. The molecule has 3 heteroatoms. The number of hydrogen-bond donors (Lipinski definition) is 0. The Morgan fingerprint density at radius 1 is 0.380 bits per heavy atom. The Bertz CT molecular complexity index is 2580. The number of fused-ring (bicyclic) bond motifs is 6. The van der Waals surface area contributed by atoms with E-state index in [1.165, 1.54) is 33.4 Å². The van der Waals surface area contributed by atoms with Gasteiger partial charge in [-0.3, -0.25) is 0 Å². The van der Waals surface area contributed by atoms with Gasteiger partial charge < -0.3 is 4.42 Å². The van der Waals surface area contributed by atoms with Crippen molar-refractivity contribution < 1.29 is 4.42 Å². The SMILES string of the molecule is c1ccc(-c2cc(-c3ccccc3)nc(-c3ccc4oc5cc6c(cc5c4c3)-c3ccccc3C6(c3ccccc3)c3ccccc3)n2)cc1. The molecule has 0 aliphatic heterocycles. The van der Waals surface area contributed by atoms with Crippen molar-refractivity contribution in [2.24, 2.45) is 0 Å². The number of aromatic nitrogens is 2. The van der Waals surface area contributed by atoms with Crippen LogP contribution in [0.4, 0.5) is 0 Å². The lowest BCUT2D eigenvalue weighted by molar-refractivity contribution is 0.666. The minimum absolute atomic E-state index is 0.480. The minimum atomic E-state index is -0.480. The molecule has 0 bridgehead atoms. The van der Waals surface area contributed by atoms with Crippen LogP contribution in [0.15, 0.2) is 186 Å². The van der Waals surface area contributed by atoms with E-state index in [-0.39, 0.29) is 0 Å². The molecule has 2 aromatic heterocycles. The van der Waals surface area contributed by atoms with Gasteiger partial charge in [0.2, 0.25) is 0 Å². The number of hydrogen-bond acceptors (Lipinski definition) is 3. The molecule has 7 aromatic carbocycles. The van der Waals surface area contributed by atoms with E-state index in [0.29, 0.717) is 5.82 Å². The largest absolute Gasteiger partial charge is 0.456 e. The molecule has 2 heterocycles. The topological polar surface area (TPSA) is 38.9 Å². The van der Waals surface area contributed by atoms with E-state index in [1.54, 1.807) is 0 Å². The highest BCUT2D eigenvalue weighted by atomic mass is 16.3. The molecule has 1 aliphatic carbocycles. The second-order valence-electron chi connectivity index (χ2n) is 12.9. The van der Waals surface area contributed by atoms with Gasteiger partial charge in [0, 0.05) is 27.5 Å². The molecule has 1 aliphatic rings. The third-order valence-electron chi connectivity index (χ3n) is 10.2. The molecule has 0 atom stereocenters. The van der Waals surface area contributed by atoms with Crippen LogP contribution in [0.3, 0.4) is 0 Å². The van der Waals surface area contributed by atoms with Gasteiger partial charge in [-0.15, -0.1) is 0 Å². The van der Waals surface area contributed by atoms with Crippen LogP contribution in [0.25, 0.3) is 67.0 Å². The maximum atomic E-state index is 6.68. The van der Waals surface area contributed by atoms with Crippen molar-refractivity contribution in [1.82, 2.24) is 9.97 Å². The van der Waals surface area contributed by atoms with Gasteiger partial charge in [-0.1, -0.05) is 146 Å². The van der Waals surface area contributed by atoms with E-state index in [0.717, 1.165) is 50.0 Å². The maximum Gasteiger partial charge on any atom is 0.160 e. The molecule has 0 spiro atoms. The summed E-state index contributed by atoms with van der Waals surface area (Å²) in [7, 11) is 0. The van der Waals surface area contributed by atoms with E-state index >= 15 is 0 Å². The van der Waals surface area contributed by atoms with E-state index in [4.69, 9.17) is 14.4 Å². The normalized spacial score (nSPS) is 13.0. The summed E-state index contributed by atoms with van der Waals surface area (Å²) in [5.74, 6) is 0.681. The second kappa shape index (κ2) is 11.3. The lowest BCUT2D eigenvalue weighted by Crippen LogP contribution is -2.28. The Morgan fingerprint density at radius 2 is 0.920 bits per heavy atom. The first-order valence-corrected chi connectivity index (χ1v) is 17.0. The Morgan fingerprint density at radius 3 is 1.54 bits per heavy atom. The van der Waals surface area contributed by atoms with Crippen molar-refractivity contribution >= 4 is 21.9 Å². The third-order valence-corrected chi connectivity index (χ3v) is 10.2. The maximum absolute atomic E-state index is 6.68. The molecule has 0 unspecified atom stereocenters. The van der Waals surface area contributed by atoms with Gasteiger partial charge >= 0.3 is 0 Å². The van der Waals surface area contributed by atoms with Crippen molar-refractivity contribution in [3.63, 3.8) is 0 Å². The van der Waals surface area contributed by atoms with E-state index in [2.05, 4.69) is 146 Å². The molecule has 50 heavy (non-hydrogen) atoms. The van der Waals surface area contributed by atoms with Crippen molar-refractivity contribution in [2.75, 3.05) is 0 Å². The van der Waals surface area contributed by atoms with Gasteiger partial charge in [0.1, 0.15) is 11.2 Å². The van der Waals surface area contributed by atoms with Gasteiger partial charge in [-0.05, 0) is 69.8 Å². The monoisotopic (exact) mass is 638 g/mol. The number of benzene rings is 7. The van der Waals surface area contributed by atoms with Crippen LogP contribution in [0.1, 0.15) is 22.3 Å². The average Bonchev–Trinajstić information content (AvgIpc) is 3.70. The molecule has 3 nitrogen and oxygen atoms in total. The summed E-state index contributed by atoms with van der Waals surface area (Å²) < 4.78 is 6.68. The fourth-order valence-corrected chi connectivity index (χ4v) is 7.94. The van der Waals surface area contributed by atoms with Crippen LogP contribution >= 0.6 is 0 Å². The molecule has 10 rings (SSSR count). The van der Waals surface area contributed by atoms with Crippen LogP contribution < -0.4 is 0 Å². The smallest absolute Gasteiger partial charge is 0.160 e. The zero-order valence-electron chi connectivity index (χ0n) is 27.1. The standard InChI is InChI=1S/C47H30N2O/c1-5-15-31(16-6-1)42-30-43(32-17-7-2-8-18-32)49-46(48-42)33-25-26-44-38(27-33)39-28-37-36-23-13-14-24-40(36)47(34-19-9-3-10-20-34,35-21-11-4-12-22-35)41(37)29-45(39)50-44/h1-30H. The number of nitrogens with zero attached hydrogens (tertiary/aromatic N) is 2. The Hall–Kier alpha value is -6.58. The lowest BCUT2D eigenvalue weighted by Gasteiger charge is -2.33. The highest BCUT2D eigenvalue weighted by Gasteiger charge is 2.46. The molecule has 0 amide bonds. The van der Waals surface area contributed by atoms with Gasteiger partial charge in [-0.2, -0.15) is 0 Å². The molecule has 0 saturated heterocycles. The Kier molecular flexibility index (Phi) is 6.40. The van der Waals surface area contributed by atoms with Gasteiger partial charge in [0.15, 0.2) is 5.82 Å². The van der Waals surface area contributed by atoms with Gasteiger partial charge in [0.05, 0.1) is 16.8 Å². The van der Waals surface area contributed by atoms with E-state index < -0.39 is 5.41 Å². The molecule has 0 fully saturated rings. The summed E-state index contributed by atoms with van der Waals surface area (Å²) in [6, 6.07) is 64.2. The zero-order chi connectivity index (χ0) is 33.1. The average molecular weight is 639 g/mol. The predicted octanol–water partition coefficient (Wildman–Crippen LogP) is 11.7. The summed E-state index contributed by atoms with van der Waals surface area (Å²) in [6.07, 6.45) is 0. The summed E-state index contributed by atoms with van der Waals surface area (Å²) >= 11 is 0. The first kappa shape index (κ1) is 28.4. The summed E-state index contributed by atoms with van der Waals surface area (Å²) in [5, 5.41) is 2.12. The second-order valence-corrected chi connectivity index (χ2v) is 12.9. The van der Waals surface area contributed by atoms with Crippen LogP contribution in [0.2, 0.25) is 0 Å². The first-order valence-electron chi connectivity index (χ1n) is 17.0. The first-order chi connectivity index (χ1) is 24.8. The fraction of sp³-hybridized carbons (Fsp3) is 0.0213. The lowest BCUT2D eigenvalue weighted by atomic mass is 9.67. The van der Waals surface area contributed by atoms with Crippen LogP contribution in [0, 0.1) is 0 Å². The Balaban J connectivity index is 1.20. The highest BCUT2D eigenvalue weighted by Crippen LogP contribution is 2.57. The molecule has 234 valence electrons. The zero-order valence-corrected chi connectivity index (χ0v) is 27.1. The highest BCUT2D eigenvalue weighted by molar-refractivity contribution is 6.09. The van der Waals surface area contributed by atoms with Gasteiger partial charge in [-0.25, -0.2) is 9.97 Å². The van der Waals surface area contributed by atoms with Gasteiger partial charge in [0.25, 0.3) is 0 Å². The summed E-state index contributed by atoms with van der Waals surface area (Å²) in [5.41, 5.74) is 13.5. The quantitative estimate of drug-likeness (QED) is 0.188. The van der Waals surface area contributed by atoms with Crippen LogP contribution in [0.5, 0.6) is 0 Å². The van der Waals surface area contributed by atoms with Crippen molar-refractivity contribution in [3.8, 4) is 45.0 Å². The van der Waals surface area contributed by atoms with Crippen molar-refractivity contribution in [1.29, 1.82) is 0 Å². The number of furan rings is 1. The van der Waals surface area contributed by atoms with E-state index in [9.17, 15) is 0 Å². The van der Waals surface area contributed by atoms with E-state index in [1.807, 2.05) is 36.4 Å². The molecule has 0 radical (unpaired) electrons. The molecular formula is C47H30N2O. The molecular weight excluding hydrogens is 609 g/mol. The van der Waals surface area contributed by atoms with Crippen LogP contribution in [-0.4, -0.2) is 9.97 Å². The van der Waals surface area contributed by atoms with Crippen molar-refractivity contribution in [2.45, 2.75) is 5.41 Å². The Labute approximate surface area is 290 Å². The minimum Gasteiger partial charge on any atom is -0.456 e. The summed E-state index contributed by atoms with van der Waals surface area (Å²) in [6.45, 7) is 0. The third kappa shape index (κ3) is 4.30. The molecule has 0 N–H and O–H groups in total. The summed E-state index contributed by atoms with van der Waals surface area (Å²) in [4.78, 5) is 10.2. The fourth-order valence-electron chi connectivity index (χ4n) is 7.94. The van der Waals surface area contributed by atoms with Crippen LogP contribution in [-0.2, 0) is 5.41 Å². The molecule has 0 saturated carbocycles.